The van der Waals surface area contributed by atoms with Crippen LogP contribution in [0, 0.1) is 6.92 Å². The van der Waals surface area contributed by atoms with Crippen molar-refractivity contribution in [3.8, 4) is 0 Å². The fraction of sp³-hybridized carbons (Fsp3) is 0.588. The van der Waals surface area contributed by atoms with Crippen LogP contribution in [0.2, 0.25) is 5.15 Å². The van der Waals surface area contributed by atoms with Crippen LogP contribution in [0.25, 0.3) is 0 Å². The molecule has 1 aliphatic rings. The van der Waals surface area contributed by atoms with Crippen molar-refractivity contribution in [2.75, 3.05) is 6.54 Å². The van der Waals surface area contributed by atoms with Gasteiger partial charge in [-0.1, -0.05) is 11.6 Å². The number of hydrogen-bond acceptors (Lipinski definition) is 5. The molecule has 2 heterocycles. The van der Waals surface area contributed by atoms with Gasteiger partial charge in [0.05, 0.1) is 5.69 Å². The van der Waals surface area contributed by atoms with Gasteiger partial charge in [-0.2, -0.15) is 0 Å². The van der Waals surface area contributed by atoms with Gasteiger partial charge in [-0.3, -0.25) is 4.90 Å². The number of likely N-dealkylation sites (tertiary alicyclic amines) is 1. The Hall–Kier alpha value is -1.82. The van der Waals surface area contributed by atoms with Crippen molar-refractivity contribution in [2.45, 2.75) is 58.8 Å². The summed E-state index contributed by atoms with van der Waals surface area (Å²) in [6.45, 7) is 7.78. The van der Waals surface area contributed by atoms with E-state index in [2.05, 4.69) is 4.98 Å². The van der Waals surface area contributed by atoms with E-state index in [4.69, 9.17) is 21.1 Å². The van der Waals surface area contributed by atoms with Crippen LogP contribution in [0.3, 0.4) is 0 Å². The fourth-order valence-electron chi connectivity index (χ4n) is 2.56. The van der Waals surface area contributed by atoms with Gasteiger partial charge in [0.2, 0.25) is 0 Å². The molecule has 0 bridgehead atoms. The zero-order valence-corrected chi connectivity index (χ0v) is 15.2. The molecule has 0 aliphatic carbocycles. The van der Waals surface area contributed by atoms with Crippen LogP contribution in [-0.2, 0) is 20.9 Å². The third-order valence-corrected chi connectivity index (χ3v) is 3.70. The number of nitrogens with zero attached hydrogens (tertiary/aromatic N) is 2. The number of halogens is 1. The Morgan fingerprint density at radius 2 is 2.08 bits per heavy atom. The quantitative estimate of drug-likeness (QED) is 0.614. The van der Waals surface area contributed by atoms with Gasteiger partial charge < -0.3 is 9.47 Å². The summed E-state index contributed by atoms with van der Waals surface area (Å²) in [7, 11) is 0. The van der Waals surface area contributed by atoms with Gasteiger partial charge in [0.25, 0.3) is 0 Å². The molecule has 0 spiro atoms. The van der Waals surface area contributed by atoms with E-state index in [0.29, 0.717) is 23.8 Å². The number of carbonyl (C=O) groups excluding carboxylic acids is 2. The number of pyridine rings is 1. The van der Waals surface area contributed by atoms with Crippen LogP contribution in [0.4, 0.5) is 4.79 Å². The van der Waals surface area contributed by atoms with Crippen molar-refractivity contribution in [3.05, 3.63) is 28.5 Å². The molecule has 24 heavy (non-hydrogen) atoms. The third-order valence-electron chi connectivity index (χ3n) is 3.51. The maximum absolute atomic E-state index is 12.3. The van der Waals surface area contributed by atoms with Crippen molar-refractivity contribution in [3.63, 3.8) is 0 Å². The number of esters is 1. The van der Waals surface area contributed by atoms with Crippen molar-refractivity contribution in [2.24, 2.45) is 0 Å². The molecule has 1 amide bonds. The van der Waals surface area contributed by atoms with Crippen LogP contribution in [0.5, 0.6) is 0 Å². The second-order valence-corrected chi connectivity index (χ2v) is 7.29. The van der Waals surface area contributed by atoms with Crippen LogP contribution >= 0.6 is 11.6 Å². The molecule has 1 fully saturated rings. The van der Waals surface area contributed by atoms with E-state index in [9.17, 15) is 9.59 Å². The Morgan fingerprint density at radius 1 is 1.38 bits per heavy atom. The Morgan fingerprint density at radius 3 is 2.71 bits per heavy atom. The number of hydrogen-bond donors (Lipinski definition) is 0. The fourth-order valence-corrected chi connectivity index (χ4v) is 2.84. The zero-order chi connectivity index (χ0) is 17.9. The standard InChI is InChI=1S/C17H23ClN2O4/c1-11-8-12(19-14(18)9-11)10-23-15(21)13-6-5-7-20(13)16(22)24-17(2,3)4/h8-9,13H,5-7,10H2,1-4H3/t13-/m0/s1. The molecule has 7 heteroatoms. The summed E-state index contributed by atoms with van der Waals surface area (Å²) in [6, 6.07) is 2.92. The zero-order valence-electron chi connectivity index (χ0n) is 14.5. The summed E-state index contributed by atoms with van der Waals surface area (Å²) in [5.74, 6) is -0.446. The van der Waals surface area contributed by atoms with Gasteiger partial charge in [0, 0.05) is 6.54 Å². The van der Waals surface area contributed by atoms with E-state index in [1.54, 1.807) is 32.9 Å². The minimum atomic E-state index is -0.611. The molecule has 1 aromatic heterocycles. The number of ether oxygens (including phenoxy) is 2. The summed E-state index contributed by atoms with van der Waals surface area (Å²) in [4.78, 5) is 30.1. The normalized spacial score (nSPS) is 17.7. The predicted molar refractivity (Wildman–Crippen MR) is 89.7 cm³/mol. The molecule has 1 saturated heterocycles. The minimum Gasteiger partial charge on any atom is -0.458 e. The van der Waals surface area contributed by atoms with E-state index in [1.165, 1.54) is 4.90 Å². The van der Waals surface area contributed by atoms with Crippen LogP contribution < -0.4 is 0 Å². The van der Waals surface area contributed by atoms with E-state index >= 15 is 0 Å². The van der Waals surface area contributed by atoms with Crippen molar-refractivity contribution in [1.82, 2.24) is 9.88 Å². The first-order chi connectivity index (χ1) is 11.2. The number of amides is 1. The molecular weight excluding hydrogens is 332 g/mol. The molecule has 1 atom stereocenters. The molecule has 1 aliphatic heterocycles. The van der Waals surface area contributed by atoms with Crippen LogP contribution in [0.1, 0.15) is 44.9 Å². The van der Waals surface area contributed by atoms with Gasteiger partial charge in [0.15, 0.2) is 0 Å². The van der Waals surface area contributed by atoms with Gasteiger partial charge in [0.1, 0.15) is 23.4 Å². The lowest BCUT2D eigenvalue weighted by Crippen LogP contribution is -2.44. The SMILES string of the molecule is Cc1cc(Cl)nc(COC(=O)[C@@H]2CCCN2C(=O)OC(C)(C)C)c1. The molecule has 0 aromatic carbocycles. The summed E-state index contributed by atoms with van der Waals surface area (Å²) in [5, 5.41) is 0.359. The topological polar surface area (TPSA) is 68.7 Å². The lowest BCUT2D eigenvalue weighted by atomic mass is 10.2. The molecule has 1 aromatic rings. The van der Waals surface area contributed by atoms with Gasteiger partial charge in [-0.25, -0.2) is 14.6 Å². The summed E-state index contributed by atoms with van der Waals surface area (Å²) < 4.78 is 10.7. The summed E-state index contributed by atoms with van der Waals surface area (Å²) in [5.41, 5.74) is 0.920. The highest BCUT2D eigenvalue weighted by molar-refractivity contribution is 6.29. The summed E-state index contributed by atoms with van der Waals surface area (Å²) >= 11 is 5.90. The largest absolute Gasteiger partial charge is 0.458 e. The van der Waals surface area contributed by atoms with E-state index in [0.717, 1.165) is 12.0 Å². The first kappa shape index (κ1) is 18.5. The molecule has 6 nitrogen and oxygen atoms in total. The lowest BCUT2D eigenvalue weighted by Gasteiger charge is -2.27. The van der Waals surface area contributed by atoms with Crippen molar-refractivity contribution >= 4 is 23.7 Å². The maximum atomic E-state index is 12.3. The smallest absolute Gasteiger partial charge is 0.411 e. The number of aryl methyl sites for hydroxylation is 1. The van der Waals surface area contributed by atoms with E-state index in [1.807, 2.05) is 6.92 Å². The monoisotopic (exact) mass is 354 g/mol. The predicted octanol–water partition coefficient (Wildman–Crippen LogP) is 3.49. The maximum Gasteiger partial charge on any atom is 0.411 e. The average Bonchev–Trinajstić information content (AvgIpc) is 2.91. The minimum absolute atomic E-state index is 0.0267. The molecule has 0 N–H and O–H groups in total. The first-order valence-electron chi connectivity index (χ1n) is 7.95. The van der Waals surface area contributed by atoms with Crippen molar-refractivity contribution < 1.29 is 19.1 Å². The highest BCUT2D eigenvalue weighted by Gasteiger charge is 2.37. The van der Waals surface area contributed by atoms with Gasteiger partial charge >= 0.3 is 12.1 Å². The Kier molecular flexibility index (Phi) is 5.70. The summed E-state index contributed by atoms with van der Waals surface area (Å²) in [6.07, 6.45) is 0.826. The molecule has 0 radical (unpaired) electrons. The Bertz CT molecular complexity index is 607. The average molecular weight is 355 g/mol. The van der Waals surface area contributed by atoms with Gasteiger partial charge in [-0.05, 0) is 58.2 Å². The molecule has 2 rings (SSSR count). The first-order valence-corrected chi connectivity index (χ1v) is 8.33. The van der Waals surface area contributed by atoms with Gasteiger partial charge in [-0.15, -0.1) is 0 Å². The lowest BCUT2D eigenvalue weighted by molar-refractivity contribution is -0.150. The Labute approximate surface area is 147 Å². The highest BCUT2D eigenvalue weighted by Crippen LogP contribution is 2.22. The third kappa shape index (κ3) is 5.09. The number of aromatic nitrogens is 1. The number of rotatable bonds is 3. The second-order valence-electron chi connectivity index (χ2n) is 6.90. The molecule has 0 saturated carbocycles. The molecular formula is C17H23ClN2O4. The molecule has 132 valence electrons. The van der Waals surface area contributed by atoms with Crippen molar-refractivity contribution in [1.29, 1.82) is 0 Å². The van der Waals surface area contributed by atoms with E-state index < -0.39 is 23.7 Å². The van der Waals surface area contributed by atoms with E-state index in [-0.39, 0.29) is 6.61 Å². The molecule has 0 unspecified atom stereocenters. The highest BCUT2D eigenvalue weighted by atomic mass is 35.5. The Balaban J connectivity index is 1.96. The van der Waals surface area contributed by atoms with Crippen LogP contribution in [0.15, 0.2) is 12.1 Å². The second kappa shape index (κ2) is 7.38. The van der Waals surface area contributed by atoms with Crippen LogP contribution in [-0.4, -0.2) is 40.1 Å². The number of carbonyl (C=O) groups is 2.